The number of carboxylic acid groups (broad SMARTS) is 1. The summed E-state index contributed by atoms with van der Waals surface area (Å²) in [5.41, 5.74) is 0. The van der Waals surface area contributed by atoms with Crippen LogP contribution in [0, 0.1) is 5.92 Å². The molecule has 13 heavy (non-hydrogen) atoms. The van der Waals surface area contributed by atoms with E-state index in [4.69, 9.17) is 4.74 Å². The summed E-state index contributed by atoms with van der Waals surface area (Å²) < 4.78 is 4.74. The second kappa shape index (κ2) is 6.46. The SMILES string of the molecule is CCCCOC(=O)C(CC)C(=O)[O-]. The van der Waals surface area contributed by atoms with E-state index in [2.05, 4.69) is 0 Å². The minimum Gasteiger partial charge on any atom is -0.549 e. The number of aliphatic carboxylic acids is 1. The maximum absolute atomic E-state index is 11.0. The first kappa shape index (κ1) is 11.9. The van der Waals surface area contributed by atoms with Gasteiger partial charge in [0.05, 0.1) is 18.5 Å². The van der Waals surface area contributed by atoms with Crippen LogP contribution < -0.4 is 5.11 Å². The van der Waals surface area contributed by atoms with E-state index in [0.717, 1.165) is 12.8 Å². The zero-order chi connectivity index (χ0) is 10.3. The molecule has 0 spiro atoms. The number of carbonyl (C=O) groups is 2. The molecule has 0 aliphatic carbocycles. The molecule has 0 bridgehead atoms. The van der Waals surface area contributed by atoms with E-state index in [-0.39, 0.29) is 6.42 Å². The van der Waals surface area contributed by atoms with Gasteiger partial charge in [-0.15, -0.1) is 0 Å². The molecule has 0 saturated heterocycles. The van der Waals surface area contributed by atoms with Gasteiger partial charge in [0.2, 0.25) is 0 Å². The fourth-order valence-corrected chi connectivity index (χ4v) is 0.847. The number of ether oxygens (including phenoxy) is 1. The third-order valence-electron chi connectivity index (χ3n) is 1.72. The van der Waals surface area contributed by atoms with Crippen molar-refractivity contribution < 1.29 is 19.4 Å². The van der Waals surface area contributed by atoms with E-state index in [1.807, 2.05) is 6.92 Å². The first-order valence-corrected chi connectivity index (χ1v) is 4.50. The van der Waals surface area contributed by atoms with Gasteiger partial charge in [-0.05, 0) is 12.8 Å². The van der Waals surface area contributed by atoms with Crippen molar-refractivity contribution in [2.45, 2.75) is 33.1 Å². The molecule has 0 amide bonds. The molecule has 0 aliphatic heterocycles. The van der Waals surface area contributed by atoms with Crippen molar-refractivity contribution in [3.05, 3.63) is 0 Å². The number of carbonyl (C=O) groups excluding carboxylic acids is 2. The van der Waals surface area contributed by atoms with Crippen molar-refractivity contribution in [3.63, 3.8) is 0 Å². The van der Waals surface area contributed by atoms with Crippen LogP contribution >= 0.6 is 0 Å². The zero-order valence-electron chi connectivity index (χ0n) is 8.04. The van der Waals surface area contributed by atoms with E-state index < -0.39 is 17.9 Å². The highest BCUT2D eigenvalue weighted by molar-refractivity contribution is 5.92. The van der Waals surface area contributed by atoms with Gasteiger partial charge in [0.1, 0.15) is 0 Å². The molecule has 0 aromatic carbocycles. The van der Waals surface area contributed by atoms with Gasteiger partial charge in [-0.2, -0.15) is 0 Å². The molecule has 4 nitrogen and oxygen atoms in total. The average Bonchev–Trinajstić information content (AvgIpc) is 2.05. The number of carboxylic acids is 1. The normalized spacial score (nSPS) is 12.2. The summed E-state index contributed by atoms with van der Waals surface area (Å²) in [4.78, 5) is 21.4. The van der Waals surface area contributed by atoms with Gasteiger partial charge in [-0.25, -0.2) is 0 Å². The van der Waals surface area contributed by atoms with Gasteiger partial charge in [0, 0.05) is 0 Å². The topological polar surface area (TPSA) is 66.4 Å². The highest BCUT2D eigenvalue weighted by Gasteiger charge is 2.18. The second-order valence-corrected chi connectivity index (χ2v) is 2.80. The van der Waals surface area contributed by atoms with Crippen molar-refractivity contribution in [1.29, 1.82) is 0 Å². The lowest BCUT2D eigenvalue weighted by Crippen LogP contribution is -2.37. The first-order valence-electron chi connectivity index (χ1n) is 4.50. The van der Waals surface area contributed by atoms with Crippen molar-refractivity contribution in [1.82, 2.24) is 0 Å². The Kier molecular flexibility index (Phi) is 5.93. The lowest BCUT2D eigenvalue weighted by Gasteiger charge is -2.14. The largest absolute Gasteiger partial charge is 0.549 e. The Morgan fingerprint density at radius 1 is 1.38 bits per heavy atom. The van der Waals surface area contributed by atoms with Gasteiger partial charge in [0.25, 0.3) is 0 Å². The molecule has 1 unspecified atom stereocenters. The van der Waals surface area contributed by atoms with Gasteiger partial charge >= 0.3 is 5.97 Å². The van der Waals surface area contributed by atoms with Crippen LogP contribution in [-0.4, -0.2) is 18.5 Å². The van der Waals surface area contributed by atoms with E-state index in [0.29, 0.717) is 6.61 Å². The Morgan fingerprint density at radius 3 is 2.38 bits per heavy atom. The quantitative estimate of drug-likeness (QED) is 0.336. The van der Waals surface area contributed by atoms with E-state index in [1.54, 1.807) is 6.92 Å². The van der Waals surface area contributed by atoms with E-state index >= 15 is 0 Å². The van der Waals surface area contributed by atoms with E-state index in [9.17, 15) is 14.7 Å². The molecule has 0 N–H and O–H groups in total. The summed E-state index contributed by atoms with van der Waals surface area (Å²) in [6, 6.07) is 0. The molecule has 0 fully saturated rings. The Hall–Kier alpha value is -1.06. The minimum absolute atomic E-state index is 0.216. The van der Waals surface area contributed by atoms with Crippen LogP contribution in [0.15, 0.2) is 0 Å². The minimum atomic E-state index is -1.36. The maximum atomic E-state index is 11.0. The zero-order valence-corrected chi connectivity index (χ0v) is 8.04. The first-order chi connectivity index (χ1) is 6.13. The van der Waals surface area contributed by atoms with Gasteiger partial charge in [-0.1, -0.05) is 20.3 Å². The Balaban J connectivity index is 3.85. The molecular weight excluding hydrogens is 172 g/mol. The van der Waals surface area contributed by atoms with Crippen LogP contribution in [0.25, 0.3) is 0 Å². The van der Waals surface area contributed by atoms with Crippen molar-refractivity contribution >= 4 is 11.9 Å². The number of hydrogen-bond donors (Lipinski definition) is 0. The summed E-state index contributed by atoms with van der Waals surface area (Å²) in [7, 11) is 0. The molecule has 1 atom stereocenters. The maximum Gasteiger partial charge on any atom is 0.314 e. The molecule has 0 aromatic heterocycles. The lowest BCUT2D eigenvalue weighted by molar-refractivity contribution is -0.310. The standard InChI is InChI=1S/C9H16O4/c1-3-5-6-13-9(12)7(4-2)8(10)11/h7H,3-6H2,1-2H3,(H,10,11)/p-1. The summed E-state index contributed by atoms with van der Waals surface area (Å²) in [5.74, 6) is -3.16. The van der Waals surface area contributed by atoms with Gasteiger partial charge in [0.15, 0.2) is 0 Å². The number of unbranched alkanes of at least 4 members (excludes halogenated alkanes) is 1. The van der Waals surface area contributed by atoms with Crippen LogP contribution in [0.2, 0.25) is 0 Å². The third-order valence-corrected chi connectivity index (χ3v) is 1.72. The predicted octanol–water partition coefficient (Wildman–Crippen LogP) is 0.106. The highest BCUT2D eigenvalue weighted by Crippen LogP contribution is 2.04. The van der Waals surface area contributed by atoms with Crippen LogP contribution in [-0.2, 0) is 14.3 Å². The summed E-state index contributed by atoms with van der Waals surface area (Å²) in [5, 5.41) is 10.4. The van der Waals surface area contributed by atoms with Crippen LogP contribution in [0.1, 0.15) is 33.1 Å². The smallest absolute Gasteiger partial charge is 0.314 e. The molecule has 0 heterocycles. The van der Waals surface area contributed by atoms with Gasteiger partial charge < -0.3 is 14.6 Å². The van der Waals surface area contributed by atoms with E-state index in [1.165, 1.54) is 0 Å². The molecular formula is C9H15O4-. The van der Waals surface area contributed by atoms with Crippen molar-refractivity contribution in [2.75, 3.05) is 6.61 Å². The number of hydrogen-bond acceptors (Lipinski definition) is 4. The molecule has 0 radical (unpaired) electrons. The molecule has 4 heteroatoms. The van der Waals surface area contributed by atoms with Crippen LogP contribution in [0.3, 0.4) is 0 Å². The predicted molar refractivity (Wildman–Crippen MR) is 44.7 cm³/mol. The number of rotatable bonds is 6. The van der Waals surface area contributed by atoms with Crippen LogP contribution in [0.5, 0.6) is 0 Å². The van der Waals surface area contributed by atoms with Crippen molar-refractivity contribution in [2.24, 2.45) is 5.92 Å². The van der Waals surface area contributed by atoms with Gasteiger partial charge in [-0.3, -0.25) is 4.79 Å². The Labute approximate surface area is 77.9 Å². The molecule has 0 aromatic rings. The fourth-order valence-electron chi connectivity index (χ4n) is 0.847. The van der Waals surface area contributed by atoms with Crippen molar-refractivity contribution in [3.8, 4) is 0 Å². The Morgan fingerprint density at radius 2 is 2.00 bits per heavy atom. The summed E-state index contributed by atoms with van der Waals surface area (Å²) in [6.45, 7) is 3.87. The lowest BCUT2D eigenvalue weighted by atomic mass is 10.1. The summed E-state index contributed by atoms with van der Waals surface area (Å²) >= 11 is 0. The fraction of sp³-hybridized carbons (Fsp3) is 0.778. The molecule has 0 saturated carbocycles. The second-order valence-electron chi connectivity index (χ2n) is 2.80. The molecule has 0 aliphatic rings. The van der Waals surface area contributed by atoms with Crippen LogP contribution in [0.4, 0.5) is 0 Å². The highest BCUT2D eigenvalue weighted by atomic mass is 16.5. The molecule has 76 valence electrons. The molecule has 0 rings (SSSR count). The summed E-state index contributed by atoms with van der Waals surface area (Å²) in [6.07, 6.45) is 1.89. The average molecular weight is 187 g/mol. The third kappa shape index (κ3) is 4.50. The monoisotopic (exact) mass is 187 g/mol. The Bertz CT molecular complexity index is 176. The number of esters is 1.